The van der Waals surface area contributed by atoms with E-state index in [0.717, 1.165) is 10.6 Å². The van der Waals surface area contributed by atoms with Crippen molar-refractivity contribution >= 4 is 23.5 Å². The van der Waals surface area contributed by atoms with Crippen LogP contribution in [0.15, 0.2) is 53.5 Å². The van der Waals surface area contributed by atoms with E-state index in [1.165, 1.54) is 12.3 Å². The highest BCUT2D eigenvalue weighted by atomic mass is 16.5. The Morgan fingerprint density at radius 3 is 2.41 bits per heavy atom. The van der Waals surface area contributed by atoms with Crippen LogP contribution >= 0.6 is 0 Å². The van der Waals surface area contributed by atoms with Crippen LogP contribution < -0.4 is 27.1 Å². The zero-order valence-corrected chi connectivity index (χ0v) is 14.7. The number of nitrogens with one attached hydrogen (secondary N) is 1. The highest BCUT2D eigenvalue weighted by Gasteiger charge is 2.31. The number of primary amides is 1. The van der Waals surface area contributed by atoms with Crippen molar-refractivity contribution in [3.05, 3.63) is 75.8 Å². The first-order valence-corrected chi connectivity index (χ1v) is 8.30. The van der Waals surface area contributed by atoms with E-state index >= 15 is 0 Å². The van der Waals surface area contributed by atoms with Crippen molar-refractivity contribution in [3.8, 4) is 17.2 Å². The highest BCUT2D eigenvalue weighted by molar-refractivity contribution is 6.23. The van der Waals surface area contributed by atoms with E-state index in [9.17, 15) is 19.2 Å². The van der Waals surface area contributed by atoms with Crippen LogP contribution in [0.4, 0.5) is 5.82 Å². The number of rotatable bonds is 4. The van der Waals surface area contributed by atoms with Gasteiger partial charge in [0.1, 0.15) is 23.0 Å². The van der Waals surface area contributed by atoms with Gasteiger partial charge >= 0.3 is 0 Å². The lowest BCUT2D eigenvalue weighted by Gasteiger charge is -2.12. The van der Waals surface area contributed by atoms with Crippen LogP contribution in [0.5, 0.6) is 11.5 Å². The summed E-state index contributed by atoms with van der Waals surface area (Å²) in [5, 5.41) is 2.11. The summed E-state index contributed by atoms with van der Waals surface area (Å²) in [6, 6.07) is 10.3. The summed E-state index contributed by atoms with van der Waals surface area (Å²) < 4.78 is 6.77. The van der Waals surface area contributed by atoms with E-state index < -0.39 is 23.3 Å². The van der Waals surface area contributed by atoms with Crippen molar-refractivity contribution in [2.24, 2.45) is 5.73 Å². The molecule has 2 aromatic heterocycles. The van der Waals surface area contributed by atoms with Crippen molar-refractivity contribution in [1.82, 2.24) is 14.9 Å². The van der Waals surface area contributed by atoms with E-state index in [0.29, 0.717) is 17.2 Å². The summed E-state index contributed by atoms with van der Waals surface area (Å²) in [6.07, 6.45) is 1.39. The Morgan fingerprint density at radius 1 is 1.00 bits per heavy atom. The van der Waals surface area contributed by atoms with Gasteiger partial charge in [-0.05, 0) is 30.3 Å². The third-order valence-corrected chi connectivity index (χ3v) is 4.27. The van der Waals surface area contributed by atoms with Crippen molar-refractivity contribution in [2.75, 3.05) is 5.73 Å². The monoisotopic (exact) mass is 391 g/mol. The summed E-state index contributed by atoms with van der Waals surface area (Å²) in [5.41, 5.74) is 11.0. The molecule has 0 spiro atoms. The summed E-state index contributed by atoms with van der Waals surface area (Å²) in [4.78, 5) is 51.1. The standard InChI is InChI=1S/C19H13N5O5/c20-16-15-12(18(27)23-19(15)28)8-14(25)24(16)9-1-3-10(4-2-9)29-11-5-6-22-13(7-11)17(21)26/h1-8H,20H2,(H2,21,26)(H,23,27,28). The molecule has 1 aliphatic rings. The second-order valence-corrected chi connectivity index (χ2v) is 6.11. The maximum absolute atomic E-state index is 12.4. The number of nitrogens with zero attached hydrogens (tertiary/aromatic N) is 2. The highest BCUT2D eigenvalue weighted by Crippen LogP contribution is 2.26. The first-order valence-electron chi connectivity index (χ1n) is 8.30. The molecule has 1 aromatic carbocycles. The second kappa shape index (κ2) is 6.60. The third kappa shape index (κ3) is 3.08. The van der Waals surface area contributed by atoms with Gasteiger partial charge in [-0.3, -0.25) is 34.0 Å². The zero-order valence-electron chi connectivity index (χ0n) is 14.7. The summed E-state index contributed by atoms with van der Waals surface area (Å²) in [5.74, 6) is -1.36. The fraction of sp³-hybridized carbons (Fsp3) is 0. The van der Waals surface area contributed by atoms with Crippen molar-refractivity contribution in [2.45, 2.75) is 0 Å². The number of nitrogen functional groups attached to an aromatic ring is 1. The molecule has 0 saturated carbocycles. The molecule has 5 N–H and O–H groups in total. The minimum Gasteiger partial charge on any atom is -0.457 e. The van der Waals surface area contributed by atoms with Crippen LogP contribution in [-0.2, 0) is 0 Å². The summed E-state index contributed by atoms with van der Waals surface area (Å²) >= 11 is 0. The number of carbonyl (C=O) groups is 3. The lowest BCUT2D eigenvalue weighted by molar-refractivity contribution is 0.0878. The number of aromatic nitrogens is 2. The average molecular weight is 391 g/mol. The van der Waals surface area contributed by atoms with Gasteiger partial charge in [0.2, 0.25) is 0 Å². The van der Waals surface area contributed by atoms with Gasteiger partial charge in [0.25, 0.3) is 23.3 Å². The van der Waals surface area contributed by atoms with Gasteiger partial charge in [-0.2, -0.15) is 0 Å². The maximum atomic E-state index is 12.4. The lowest BCUT2D eigenvalue weighted by Crippen LogP contribution is -2.24. The lowest BCUT2D eigenvalue weighted by atomic mass is 10.1. The first kappa shape index (κ1) is 17.9. The number of pyridine rings is 2. The molecule has 10 nitrogen and oxygen atoms in total. The number of amides is 3. The molecule has 10 heteroatoms. The molecule has 29 heavy (non-hydrogen) atoms. The minimum absolute atomic E-state index is 0.0364. The Labute approximate surface area is 162 Å². The number of hydrogen-bond acceptors (Lipinski definition) is 7. The Morgan fingerprint density at radius 2 is 1.72 bits per heavy atom. The quantitative estimate of drug-likeness (QED) is 0.549. The second-order valence-electron chi connectivity index (χ2n) is 6.11. The molecule has 0 saturated heterocycles. The SMILES string of the molecule is NC(=O)c1cc(Oc2ccc(-n3c(N)c4c(cc3=O)C(=O)NC4=O)cc2)ccn1. The fourth-order valence-corrected chi connectivity index (χ4v) is 2.95. The molecular weight excluding hydrogens is 378 g/mol. The molecule has 0 fully saturated rings. The van der Waals surface area contributed by atoms with Crippen LogP contribution in [0.1, 0.15) is 31.2 Å². The molecular formula is C19H13N5O5. The fourth-order valence-electron chi connectivity index (χ4n) is 2.95. The van der Waals surface area contributed by atoms with E-state index in [2.05, 4.69) is 10.3 Å². The number of hydrogen-bond donors (Lipinski definition) is 3. The topological polar surface area (TPSA) is 159 Å². The third-order valence-electron chi connectivity index (χ3n) is 4.27. The number of anilines is 1. The molecule has 3 heterocycles. The largest absolute Gasteiger partial charge is 0.457 e. The van der Waals surface area contributed by atoms with Crippen molar-refractivity contribution in [1.29, 1.82) is 0 Å². The molecule has 0 bridgehead atoms. The number of ether oxygens (including phenoxy) is 1. The van der Waals surface area contributed by atoms with Gasteiger partial charge in [0.05, 0.1) is 16.8 Å². The molecule has 3 amide bonds. The van der Waals surface area contributed by atoms with Crippen molar-refractivity contribution in [3.63, 3.8) is 0 Å². The van der Waals surface area contributed by atoms with E-state index in [4.69, 9.17) is 16.2 Å². The van der Waals surface area contributed by atoms with Gasteiger partial charge in [-0.25, -0.2) is 0 Å². The van der Waals surface area contributed by atoms with Crippen LogP contribution in [0.25, 0.3) is 5.69 Å². The Kier molecular flexibility index (Phi) is 4.08. The number of imide groups is 1. The number of fused-ring (bicyclic) bond motifs is 1. The van der Waals surface area contributed by atoms with Gasteiger partial charge in [-0.15, -0.1) is 0 Å². The summed E-state index contributed by atoms with van der Waals surface area (Å²) in [6.45, 7) is 0. The van der Waals surface area contributed by atoms with Crippen LogP contribution in [0.3, 0.4) is 0 Å². The van der Waals surface area contributed by atoms with E-state index in [1.807, 2.05) is 0 Å². The van der Waals surface area contributed by atoms with Crippen molar-refractivity contribution < 1.29 is 19.1 Å². The number of nitrogens with two attached hydrogens (primary N) is 2. The van der Waals surface area contributed by atoms with E-state index in [-0.39, 0.29) is 22.6 Å². The molecule has 1 aliphatic heterocycles. The molecule has 3 aromatic rings. The smallest absolute Gasteiger partial charge is 0.267 e. The minimum atomic E-state index is -0.681. The average Bonchev–Trinajstić information content (AvgIpc) is 2.97. The number of benzene rings is 1. The Bertz CT molecular complexity index is 1250. The molecule has 0 radical (unpaired) electrons. The predicted molar refractivity (Wildman–Crippen MR) is 101 cm³/mol. The van der Waals surface area contributed by atoms with Crippen LogP contribution in [0, 0.1) is 0 Å². The molecule has 144 valence electrons. The molecule has 0 unspecified atom stereocenters. The molecule has 0 atom stereocenters. The van der Waals surface area contributed by atoms with E-state index in [1.54, 1.807) is 30.3 Å². The predicted octanol–water partition coefficient (Wildman–Crippen LogP) is 0.589. The van der Waals surface area contributed by atoms with Gasteiger partial charge in [0.15, 0.2) is 0 Å². The van der Waals surface area contributed by atoms with Gasteiger partial charge < -0.3 is 16.2 Å². The molecule has 4 rings (SSSR count). The summed E-state index contributed by atoms with van der Waals surface area (Å²) in [7, 11) is 0. The van der Waals surface area contributed by atoms with Gasteiger partial charge in [-0.1, -0.05) is 0 Å². The normalized spacial score (nSPS) is 12.4. The first-order chi connectivity index (χ1) is 13.8. The van der Waals surface area contributed by atoms with Gasteiger partial charge in [0, 0.05) is 18.3 Å². The van der Waals surface area contributed by atoms with Crippen LogP contribution in [0.2, 0.25) is 0 Å². The number of carbonyl (C=O) groups excluding carboxylic acids is 3. The molecule has 0 aliphatic carbocycles. The Balaban J connectivity index is 1.67. The Hall–Kier alpha value is -4.47. The van der Waals surface area contributed by atoms with Crippen LogP contribution in [-0.4, -0.2) is 27.3 Å². The zero-order chi connectivity index (χ0) is 20.7. The maximum Gasteiger partial charge on any atom is 0.267 e.